The predicted octanol–water partition coefficient (Wildman–Crippen LogP) is 2.93. The lowest BCUT2D eigenvalue weighted by Gasteiger charge is -2.00. The van der Waals surface area contributed by atoms with Crippen molar-refractivity contribution >= 4 is 5.65 Å². The normalized spacial score (nSPS) is 10.8. The zero-order valence-corrected chi connectivity index (χ0v) is 10.4. The van der Waals surface area contributed by atoms with Gasteiger partial charge in [0, 0.05) is 11.6 Å². The minimum atomic E-state index is -0.260. The molecule has 0 unspecified atom stereocenters. The number of hydrogen-bond acceptors (Lipinski definition) is 3. The van der Waals surface area contributed by atoms with E-state index in [2.05, 4.69) is 10.1 Å². The fourth-order valence-corrected chi connectivity index (χ4v) is 1.85. The van der Waals surface area contributed by atoms with Gasteiger partial charge in [0.05, 0.1) is 18.5 Å². The summed E-state index contributed by atoms with van der Waals surface area (Å²) < 4.78 is 19.9. The number of nitrogens with zero attached hydrogens (tertiary/aromatic N) is 3. The number of ether oxygens (including phenoxy) is 1. The van der Waals surface area contributed by atoms with E-state index < -0.39 is 0 Å². The lowest BCUT2D eigenvalue weighted by molar-refractivity contribution is 0.321. The second-order valence-electron chi connectivity index (χ2n) is 4.04. The maximum atomic E-state index is 12.9. The first-order chi connectivity index (χ1) is 9.26. The van der Waals surface area contributed by atoms with Gasteiger partial charge in [-0.25, -0.2) is 13.9 Å². The Balaban J connectivity index is 2.03. The standard InChI is InChI=1S/C14H12FN3O/c1-2-19-14-8-7-13-16-12(9-18(13)17-14)10-3-5-11(15)6-4-10/h3-9H,2H2,1H3. The van der Waals surface area contributed by atoms with Crippen LogP contribution in [0.3, 0.4) is 0 Å². The van der Waals surface area contributed by atoms with E-state index in [0.29, 0.717) is 12.5 Å². The zero-order chi connectivity index (χ0) is 13.2. The van der Waals surface area contributed by atoms with Gasteiger partial charge in [-0.3, -0.25) is 0 Å². The van der Waals surface area contributed by atoms with Gasteiger partial charge in [-0.05, 0) is 37.3 Å². The van der Waals surface area contributed by atoms with E-state index in [1.165, 1.54) is 12.1 Å². The average molecular weight is 257 g/mol. The van der Waals surface area contributed by atoms with E-state index in [0.717, 1.165) is 16.9 Å². The summed E-state index contributed by atoms with van der Waals surface area (Å²) in [6, 6.07) is 9.84. The summed E-state index contributed by atoms with van der Waals surface area (Å²) in [7, 11) is 0. The highest BCUT2D eigenvalue weighted by Crippen LogP contribution is 2.19. The molecule has 0 radical (unpaired) electrons. The van der Waals surface area contributed by atoms with E-state index in [-0.39, 0.29) is 5.82 Å². The van der Waals surface area contributed by atoms with Crippen LogP contribution < -0.4 is 4.74 Å². The number of hydrogen-bond donors (Lipinski definition) is 0. The molecule has 2 aromatic heterocycles. The molecule has 0 aliphatic rings. The van der Waals surface area contributed by atoms with Gasteiger partial charge in [0.2, 0.25) is 5.88 Å². The van der Waals surface area contributed by atoms with Gasteiger partial charge < -0.3 is 4.74 Å². The van der Waals surface area contributed by atoms with E-state index in [1.54, 1.807) is 28.9 Å². The Morgan fingerprint density at radius 2 is 1.95 bits per heavy atom. The second-order valence-corrected chi connectivity index (χ2v) is 4.04. The summed E-state index contributed by atoms with van der Waals surface area (Å²) in [4.78, 5) is 4.44. The molecule has 0 bridgehead atoms. The highest BCUT2D eigenvalue weighted by Gasteiger charge is 2.06. The first kappa shape index (κ1) is 11.6. The Morgan fingerprint density at radius 1 is 1.16 bits per heavy atom. The summed E-state index contributed by atoms with van der Waals surface area (Å²) in [6.45, 7) is 2.47. The van der Waals surface area contributed by atoms with Crippen molar-refractivity contribution in [2.45, 2.75) is 6.92 Å². The molecule has 0 N–H and O–H groups in total. The summed E-state index contributed by atoms with van der Waals surface area (Å²) in [5.41, 5.74) is 2.33. The molecule has 0 aliphatic heterocycles. The number of benzene rings is 1. The van der Waals surface area contributed by atoms with Crippen LogP contribution in [0.4, 0.5) is 4.39 Å². The molecular weight excluding hydrogens is 245 g/mol. The first-order valence-corrected chi connectivity index (χ1v) is 6.01. The lowest BCUT2D eigenvalue weighted by Crippen LogP contribution is -1.98. The Hall–Kier alpha value is -2.43. The quantitative estimate of drug-likeness (QED) is 0.724. The van der Waals surface area contributed by atoms with E-state index >= 15 is 0 Å². The van der Waals surface area contributed by atoms with Crippen LogP contribution in [0.25, 0.3) is 16.9 Å². The Kier molecular flexibility index (Phi) is 2.87. The molecule has 0 aliphatic carbocycles. The minimum Gasteiger partial charge on any atom is -0.477 e. The highest BCUT2D eigenvalue weighted by molar-refractivity contribution is 5.62. The number of rotatable bonds is 3. The van der Waals surface area contributed by atoms with Gasteiger partial charge in [-0.15, -0.1) is 5.10 Å². The van der Waals surface area contributed by atoms with E-state index in [9.17, 15) is 4.39 Å². The maximum Gasteiger partial charge on any atom is 0.231 e. The van der Waals surface area contributed by atoms with Crippen LogP contribution in [-0.4, -0.2) is 21.2 Å². The van der Waals surface area contributed by atoms with Crippen molar-refractivity contribution in [1.29, 1.82) is 0 Å². The largest absolute Gasteiger partial charge is 0.477 e. The van der Waals surface area contributed by atoms with Crippen LogP contribution in [0.1, 0.15) is 6.92 Å². The highest BCUT2D eigenvalue weighted by atomic mass is 19.1. The molecule has 19 heavy (non-hydrogen) atoms. The molecule has 0 spiro atoms. The molecule has 4 nitrogen and oxygen atoms in total. The number of imidazole rings is 1. The van der Waals surface area contributed by atoms with Crippen LogP contribution in [0.15, 0.2) is 42.6 Å². The minimum absolute atomic E-state index is 0.260. The smallest absolute Gasteiger partial charge is 0.231 e. The first-order valence-electron chi connectivity index (χ1n) is 6.01. The molecule has 0 atom stereocenters. The van der Waals surface area contributed by atoms with Gasteiger partial charge in [0.1, 0.15) is 5.82 Å². The van der Waals surface area contributed by atoms with Crippen LogP contribution >= 0.6 is 0 Å². The third-order valence-electron chi connectivity index (χ3n) is 2.73. The van der Waals surface area contributed by atoms with Crippen molar-refractivity contribution < 1.29 is 9.13 Å². The van der Waals surface area contributed by atoms with E-state index in [4.69, 9.17) is 4.74 Å². The fraction of sp³-hybridized carbons (Fsp3) is 0.143. The maximum absolute atomic E-state index is 12.9. The molecule has 0 saturated carbocycles. The molecular formula is C14H12FN3O. The Bertz CT molecular complexity index is 706. The Morgan fingerprint density at radius 3 is 2.68 bits per heavy atom. The molecule has 3 aromatic rings. The Labute approximate surface area is 109 Å². The van der Waals surface area contributed by atoms with Crippen LogP contribution in [0.2, 0.25) is 0 Å². The molecule has 96 valence electrons. The van der Waals surface area contributed by atoms with Crippen molar-refractivity contribution in [2.75, 3.05) is 6.61 Å². The molecule has 0 amide bonds. The monoisotopic (exact) mass is 257 g/mol. The molecule has 0 saturated heterocycles. The number of fused-ring (bicyclic) bond motifs is 1. The van der Waals surface area contributed by atoms with Gasteiger partial charge in [0.15, 0.2) is 5.65 Å². The van der Waals surface area contributed by atoms with Crippen LogP contribution in [0.5, 0.6) is 5.88 Å². The van der Waals surface area contributed by atoms with Gasteiger partial charge >= 0.3 is 0 Å². The van der Waals surface area contributed by atoms with Gasteiger partial charge in [-0.2, -0.15) is 0 Å². The third-order valence-corrected chi connectivity index (χ3v) is 2.73. The molecule has 0 fully saturated rings. The molecule has 3 rings (SSSR count). The number of aromatic nitrogens is 3. The second kappa shape index (κ2) is 4.68. The van der Waals surface area contributed by atoms with Crippen molar-refractivity contribution in [3.05, 3.63) is 48.4 Å². The lowest BCUT2D eigenvalue weighted by atomic mass is 10.2. The van der Waals surface area contributed by atoms with Crippen molar-refractivity contribution in [3.8, 4) is 17.1 Å². The van der Waals surface area contributed by atoms with Gasteiger partial charge in [0.25, 0.3) is 0 Å². The zero-order valence-electron chi connectivity index (χ0n) is 10.4. The topological polar surface area (TPSA) is 39.4 Å². The average Bonchev–Trinajstić information content (AvgIpc) is 2.83. The molecule has 2 heterocycles. The summed E-state index contributed by atoms with van der Waals surface area (Å²) in [6.07, 6.45) is 1.80. The fourth-order valence-electron chi connectivity index (χ4n) is 1.85. The summed E-state index contributed by atoms with van der Waals surface area (Å²) in [5, 5.41) is 4.29. The van der Waals surface area contributed by atoms with Gasteiger partial charge in [-0.1, -0.05) is 0 Å². The van der Waals surface area contributed by atoms with Crippen molar-refractivity contribution in [3.63, 3.8) is 0 Å². The van der Waals surface area contributed by atoms with Crippen molar-refractivity contribution in [1.82, 2.24) is 14.6 Å². The third kappa shape index (κ3) is 2.27. The van der Waals surface area contributed by atoms with Crippen LogP contribution in [-0.2, 0) is 0 Å². The predicted molar refractivity (Wildman–Crippen MR) is 69.6 cm³/mol. The van der Waals surface area contributed by atoms with Crippen molar-refractivity contribution in [2.24, 2.45) is 0 Å². The SMILES string of the molecule is CCOc1ccc2nc(-c3ccc(F)cc3)cn2n1. The summed E-state index contributed by atoms with van der Waals surface area (Å²) in [5.74, 6) is 0.294. The molecule has 1 aromatic carbocycles. The van der Waals surface area contributed by atoms with E-state index in [1.807, 2.05) is 13.0 Å². The number of halogens is 1. The van der Waals surface area contributed by atoms with Crippen LogP contribution in [0, 0.1) is 5.82 Å². The summed E-state index contributed by atoms with van der Waals surface area (Å²) >= 11 is 0. The molecule has 5 heteroatoms.